The average molecular weight is 368 g/mol. The van der Waals surface area contributed by atoms with Crippen molar-refractivity contribution in [1.29, 1.82) is 0 Å². The lowest BCUT2D eigenvalue weighted by molar-refractivity contribution is -0.122. The van der Waals surface area contributed by atoms with Crippen molar-refractivity contribution >= 4 is 43.5 Å². The number of amides is 1. The van der Waals surface area contributed by atoms with E-state index in [-0.39, 0.29) is 16.8 Å². The Morgan fingerprint density at radius 3 is 2.74 bits per heavy atom. The van der Waals surface area contributed by atoms with Crippen molar-refractivity contribution in [2.45, 2.75) is 23.8 Å². The molecule has 2 rings (SSSR count). The first-order valence-electron chi connectivity index (χ1n) is 5.62. The SMILES string of the molecule is O=C1CCC(NS(=O)(=O)c2ccc(Cl)c(Br)c2)CN1. The summed E-state index contributed by atoms with van der Waals surface area (Å²) in [6.07, 6.45) is 0.831. The number of nitrogens with one attached hydrogen (secondary N) is 2. The van der Waals surface area contributed by atoms with Crippen molar-refractivity contribution in [3.8, 4) is 0 Å². The number of benzene rings is 1. The zero-order valence-corrected chi connectivity index (χ0v) is 13.0. The highest BCUT2D eigenvalue weighted by Gasteiger charge is 2.24. The molecule has 104 valence electrons. The molecule has 0 spiro atoms. The van der Waals surface area contributed by atoms with E-state index in [0.717, 1.165) is 0 Å². The van der Waals surface area contributed by atoms with Crippen LogP contribution in [0.1, 0.15) is 12.8 Å². The molecule has 1 aromatic rings. The second-order valence-electron chi connectivity index (χ2n) is 4.24. The number of hydrogen-bond acceptors (Lipinski definition) is 3. The van der Waals surface area contributed by atoms with Crippen LogP contribution in [0.4, 0.5) is 0 Å². The summed E-state index contributed by atoms with van der Waals surface area (Å²) in [6.45, 7) is 0.312. The van der Waals surface area contributed by atoms with Crippen LogP contribution in [0.3, 0.4) is 0 Å². The van der Waals surface area contributed by atoms with Crippen LogP contribution in [0, 0.1) is 0 Å². The van der Waals surface area contributed by atoms with Gasteiger partial charge in [0, 0.05) is 23.5 Å². The number of rotatable bonds is 3. The van der Waals surface area contributed by atoms with E-state index in [2.05, 4.69) is 26.0 Å². The lowest BCUT2D eigenvalue weighted by atomic mass is 10.1. The zero-order chi connectivity index (χ0) is 14.0. The van der Waals surface area contributed by atoms with Crippen LogP contribution in [-0.4, -0.2) is 26.9 Å². The number of hydrogen-bond donors (Lipinski definition) is 2. The maximum atomic E-state index is 12.2. The molecule has 1 aromatic carbocycles. The molecular formula is C11H12BrClN2O3S. The van der Waals surface area contributed by atoms with Gasteiger partial charge >= 0.3 is 0 Å². The minimum absolute atomic E-state index is 0.0512. The quantitative estimate of drug-likeness (QED) is 0.853. The molecule has 0 radical (unpaired) electrons. The van der Waals surface area contributed by atoms with Crippen LogP contribution in [0.2, 0.25) is 5.02 Å². The first-order valence-corrected chi connectivity index (χ1v) is 8.28. The molecular weight excluding hydrogens is 356 g/mol. The third kappa shape index (κ3) is 3.68. The summed E-state index contributed by atoms with van der Waals surface area (Å²) in [6, 6.07) is 4.13. The molecule has 0 aliphatic carbocycles. The summed E-state index contributed by atoms with van der Waals surface area (Å²) >= 11 is 9.02. The molecule has 19 heavy (non-hydrogen) atoms. The minimum atomic E-state index is -3.61. The van der Waals surface area contributed by atoms with Crippen molar-refractivity contribution in [1.82, 2.24) is 10.0 Å². The maximum Gasteiger partial charge on any atom is 0.240 e. The largest absolute Gasteiger partial charge is 0.355 e. The zero-order valence-electron chi connectivity index (χ0n) is 9.82. The van der Waals surface area contributed by atoms with Crippen molar-refractivity contribution in [3.05, 3.63) is 27.7 Å². The lowest BCUT2D eigenvalue weighted by Gasteiger charge is -2.23. The van der Waals surface area contributed by atoms with Gasteiger partial charge in [-0.25, -0.2) is 13.1 Å². The number of carbonyl (C=O) groups excluding carboxylic acids is 1. The molecule has 1 saturated heterocycles. The van der Waals surface area contributed by atoms with Crippen molar-refractivity contribution in [3.63, 3.8) is 0 Å². The maximum absolute atomic E-state index is 12.2. The van der Waals surface area contributed by atoms with Crippen LogP contribution < -0.4 is 10.0 Å². The van der Waals surface area contributed by atoms with Crippen molar-refractivity contribution < 1.29 is 13.2 Å². The summed E-state index contributed by atoms with van der Waals surface area (Å²) in [5.74, 6) is -0.0512. The number of sulfonamides is 1. The van der Waals surface area contributed by atoms with Gasteiger partial charge in [-0.15, -0.1) is 0 Å². The topological polar surface area (TPSA) is 75.3 Å². The van der Waals surface area contributed by atoms with Gasteiger partial charge in [0.1, 0.15) is 0 Å². The van der Waals surface area contributed by atoms with E-state index in [1.54, 1.807) is 0 Å². The summed E-state index contributed by atoms with van der Waals surface area (Å²) < 4.78 is 27.4. The van der Waals surface area contributed by atoms with Gasteiger partial charge in [0.25, 0.3) is 0 Å². The van der Waals surface area contributed by atoms with E-state index in [1.165, 1.54) is 18.2 Å². The first-order chi connectivity index (χ1) is 8.88. The van der Waals surface area contributed by atoms with Crippen molar-refractivity contribution in [2.24, 2.45) is 0 Å². The molecule has 5 nitrogen and oxygen atoms in total. The summed E-state index contributed by atoms with van der Waals surface area (Å²) in [4.78, 5) is 11.2. The van der Waals surface area contributed by atoms with Crippen LogP contribution in [0.25, 0.3) is 0 Å². The normalized spacial score (nSPS) is 20.1. The Morgan fingerprint density at radius 2 is 2.16 bits per heavy atom. The molecule has 0 bridgehead atoms. The predicted octanol–water partition coefficient (Wildman–Crippen LogP) is 1.66. The monoisotopic (exact) mass is 366 g/mol. The average Bonchev–Trinajstić information content (AvgIpc) is 2.35. The number of piperidine rings is 1. The summed E-state index contributed by atoms with van der Waals surface area (Å²) in [5.41, 5.74) is 0. The van der Waals surface area contributed by atoms with Crippen LogP contribution >= 0.6 is 27.5 Å². The molecule has 1 fully saturated rings. The van der Waals surface area contributed by atoms with E-state index in [0.29, 0.717) is 28.9 Å². The highest BCUT2D eigenvalue weighted by atomic mass is 79.9. The number of carbonyl (C=O) groups is 1. The minimum Gasteiger partial charge on any atom is -0.355 e. The fraction of sp³-hybridized carbons (Fsp3) is 0.364. The van der Waals surface area contributed by atoms with Crippen LogP contribution in [-0.2, 0) is 14.8 Å². The predicted molar refractivity (Wildman–Crippen MR) is 75.5 cm³/mol. The fourth-order valence-electron chi connectivity index (χ4n) is 1.76. The second-order valence-corrected chi connectivity index (χ2v) is 7.21. The van der Waals surface area contributed by atoms with Gasteiger partial charge in [-0.2, -0.15) is 0 Å². The number of halogens is 2. The summed E-state index contributed by atoms with van der Waals surface area (Å²) in [5, 5.41) is 3.08. The second kappa shape index (κ2) is 5.78. The Bertz CT molecular complexity index is 596. The molecule has 1 aliphatic rings. The molecule has 2 N–H and O–H groups in total. The molecule has 1 atom stereocenters. The molecule has 1 amide bonds. The van der Waals surface area contributed by atoms with E-state index in [1.807, 2.05) is 0 Å². The molecule has 0 aromatic heterocycles. The molecule has 8 heteroatoms. The standard InChI is InChI=1S/C11H12BrClN2O3S/c12-9-5-8(2-3-10(9)13)19(17,18)15-7-1-4-11(16)14-6-7/h2-3,5,7,15H,1,4,6H2,(H,14,16). The Labute approximate surface area is 124 Å². The van der Waals surface area contributed by atoms with E-state index in [9.17, 15) is 13.2 Å². The van der Waals surface area contributed by atoms with E-state index < -0.39 is 10.0 Å². The highest BCUT2D eigenvalue weighted by molar-refractivity contribution is 9.10. The fourth-order valence-corrected chi connectivity index (χ4v) is 3.71. The molecule has 1 heterocycles. The molecule has 1 aliphatic heterocycles. The third-order valence-electron chi connectivity index (χ3n) is 2.79. The van der Waals surface area contributed by atoms with Crippen LogP contribution in [0.15, 0.2) is 27.6 Å². The van der Waals surface area contributed by atoms with Gasteiger partial charge in [-0.3, -0.25) is 4.79 Å². The highest BCUT2D eigenvalue weighted by Crippen LogP contribution is 2.25. The first kappa shape index (κ1) is 14.8. The van der Waals surface area contributed by atoms with Gasteiger partial charge in [0.05, 0.1) is 9.92 Å². The summed E-state index contributed by atoms with van der Waals surface area (Å²) in [7, 11) is -3.61. The Hall–Kier alpha value is -0.630. The van der Waals surface area contributed by atoms with Crippen LogP contribution in [0.5, 0.6) is 0 Å². The molecule has 1 unspecified atom stereocenters. The Balaban J connectivity index is 2.13. The van der Waals surface area contributed by atoms with Crippen molar-refractivity contribution in [2.75, 3.05) is 6.54 Å². The van der Waals surface area contributed by atoms with Gasteiger partial charge in [-0.05, 0) is 40.5 Å². The Morgan fingerprint density at radius 1 is 1.42 bits per heavy atom. The smallest absolute Gasteiger partial charge is 0.240 e. The van der Waals surface area contributed by atoms with E-state index >= 15 is 0 Å². The van der Waals surface area contributed by atoms with Gasteiger partial charge < -0.3 is 5.32 Å². The van der Waals surface area contributed by atoms with Gasteiger partial charge in [0.2, 0.25) is 15.9 Å². The van der Waals surface area contributed by atoms with Gasteiger partial charge in [-0.1, -0.05) is 11.6 Å². The third-order valence-corrected chi connectivity index (χ3v) is 5.52. The Kier molecular flexibility index (Phi) is 4.50. The molecule has 0 saturated carbocycles. The lowest BCUT2D eigenvalue weighted by Crippen LogP contribution is -2.47. The van der Waals surface area contributed by atoms with E-state index in [4.69, 9.17) is 11.6 Å². The van der Waals surface area contributed by atoms with Gasteiger partial charge in [0.15, 0.2) is 0 Å².